The molecule has 0 radical (unpaired) electrons. The molecule has 2 heterocycles. The summed E-state index contributed by atoms with van der Waals surface area (Å²) < 4.78 is 23.5. The van der Waals surface area contributed by atoms with E-state index in [4.69, 9.17) is 24.5 Å². The van der Waals surface area contributed by atoms with Crippen LogP contribution in [0.15, 0.2) is 42.7 Å². The second kappa shape index (κ2) is 11.2. The molecule has 3 rings (SSSR count). The number of hydrogen-bond donors (Lipinski definition) is 2. The lowest BCUT2D eigenvalue weighted by Gasteiger charge is -2.32. The minimum atomic E-state index is -0.920. The smallest absolute Gasteiger partial charge is 0.481 e. The number of carbonyl (C=O) groups excluding carboxylic acids is 2. The van der Waals surface area contributed by atoms with Gasteiger partial charge in [-0.1, -0.05) is 18.2 Å². The highest BCUT2D eigenvalue weighted by Gasteiger charge is 2.54. The number of rotatable bonds is 11. The summed E-state index contributed by atoms with van der Waals surface area (Å²) in [6.07, 6.45) is 3.15. The number of nitrogens with one attached hydrogen (secondary N) is 1. The van der Waals surface area contributed by atoms with Crippen molar-refractivity contribution in [3.8, 4) is 5.75 Å². The van der Waals surface area contributed by atoms with Gasteiger partial charge in [-0.15, -0.1) is 0 Å². The second-order valence-electron chi connectivity index (χ2n) is 9.35. The van der Waals surface area contributed by atoms with Crippen LogP contribution in [0, 0.1) is 0 Å². The third-order valence-electron chi connectivity index (χ3n) is 6.31. The van der Waals surface area contributed by atoms with Gasteiger partial charge in [0.1, 0.15) is 17.4 Å². The van der Waals surface area contributed by atoms with Crippen molar-refractivity contribution >= 4 is 18.9 Å². The van der Waals surface area contributed by atoms with Crippen molar-refractivity contribution in [2.45, 2.75) is 57.2 Å². The zero-order chi connectivity index (χ0) is 25.6. The molecule has 0 saturated carbocycles. The van der Waals surface area contributed by atoms with Crippen molar-refractivity contribution in [2.75, 3.05) is 20.3 Å². The fourth-order valence-electron chi connectivity index (χ4n) is 3.67. The second-order valence-corrected chi connectivity index (χ2v) is 9.35. The first-order chi connectivity index (χ1) is 16.6. The number of hydrogen-bond acceptors (Lipinski definition) is 8. The van der Waals surface area contributed by atoms with E-state index < -0.39 is 42.0 Å². The molecule has 2 atom stereocenters. The maximum Gasteiger partial charge on any atom is 0.481 e. The van der Waals surface area contributed by atoms with E-state index in [-0.39, 0.29) is 18.0 Å². The number of ether oxygens (including phenoxy) is 2. The number of nitrogens with zero attached hydrogens (tertiary/aromatic N) is 2. The SMILES string of the molecule is COC[C@H](C(=O)N[C@@H](CCOc1ccccc1)B1OC(C)(C)C(C)(C)O1)c1nccnc1C(N)=O. The molecule has 188 valence electrons. The number of methoxy groups -OCH3 is 1. The number of carbonyl (C=O) groups is 2. The maximum atomic E-state index is 13.5. The number of aromatic nitrogens is 2. The Hall–Kier alpha value is -3.02. The zero-order valence-corrected chi connectivity index (χ0v) is 20.8. The van der Waals surface area contributed by atoms with Crippen LogP contribution < -0.4 is 15.8 Å². The number of para-hydroxylation sites is 1. The molecular formula is C24H33BN4O6. The summed E-state index contributed by atoms with van der Waals surface area (Å²) in [5, 5.41) is 3.00. The normalized spacial score (nSPS) is 18.0. The summed E-state index contributed by atoms with van der Waals surface area (Å²) >= 11 is 0. The highest BCUT2D eigenvalue weighted by molar-refractivity contribution is 6.48. The number of nitrogens with two attached hydrogens (primary N) is 1. The minimum absolute atomic E-state index is 0.0264. The summed E-state index contributed by atoms with van der Waals surface area (Å²) in [4.78, 5) is 33.6. The highest BCUT2D eigenvalue weighted by atomic mass is 16.7. The molecule has 35 heavy (non-hydrogen) atoms. The molecular weight excluding hydrogens is 451 g/mol. The average Bonchev–Trinajstić information content (AvgIpc) is 3.04. The molecule has 2 amide bonds. The first kappa shape index (κ1) is 26.6. The van der Waals surface area contributed by atoms with Crippen LogP contribution in [0.3, 0.4) is 0 Å². The van der Waals surface area contributed by atoms with Crippen LogP contribution in [0.2, 0.25) is 0 Å². The van der Waals surface area contributed by atoms with E-state index in [2.05, 4.69) is 15.3 Å². The molecule has 1 fully saturated rings. The molecule has 3 N–H and O–H groups in total. The molecule has 1 saturated heterocycles. The Kier molecular flexibility index (Phi) is 8.47. The molecule has 1 aromatic carbocycles. The molecule has 0 spiro atoms. The third-order valence-corrected chi connectivity index (χ3v) is 6.31. The van der Waals surface area contributed by atoms with Gasteiger partial charge in [0.15, 0.2) is 0 Å². The van der Waals surface area contributed by atoms with Crippen LogP contribution in [0.25, 0.3) is 0 Å². The van der Waals surface area contributed by atoms with Crippen molar-refractivity contribution in [3.63, 3.8) is 0 Å². The van der Waals surface area contributed by atoms with E-state index in [9.17, 15) is 9.59 Å². The van der Waals surface area contributed by atoms with Gasteiger partial charge >= 0.3 is 7.12 Å². The topological polar surface area (TPSA) is 135 Å². The van der Waals surface area contributed by atoms with Gasteiger partial charge in [-0.05, 0) is 39.8 Å². The first-order valence-corrected chi connectivity index (χ1v) is 11.5. The molecule has 1 aliphatic rings. The van der Waals surface area contributed by atoms with Gasteiger partial charge in [0.05, 0.1) is 36.1 Å². The van der Waals surface area contributed by atoms with Crippen LogP contribution in [-0.4, -0.2) is 66.4 Å². The monoisotopic (exact) mass is 484 g/mol. The summed E-state index contributed by atoms with van der Waals surface area (Å²) in [7, 11) is 0.740. The number of amides is 2. The summed E-state index contributed by atoms with van der Waals surface area (Å²) in [6, 6.07) is 9.39. The molecule has 1 aromatic heterocycles. The predicted octanol–water partition coefficient (Wildman–Crippen LogP) is 1.89. The molecule has 0 aliphatic carbocycles. The fourth-order valence-corrected chi connectivity index (χ4v) is 3.67. The Morgan fingerprint density at radius 2 is 1.71 bits per heavy atom. The van der Waals surface area contributed by atoms with Crippen LogP contribution in [0.1, 0.15) is 56.2 Å². The lowest BCUT2D eigenvalue weighted by atomic mass is 9.76. The van der Waals surface area contributed by atoms with Gasteiger partial charge < -0.3 is 29.8 Å². The van der Waals surface area contributed by atoms with Crippen LogP contribution >= 0.6 is 0 Å². The summed E-state index contributed by atoms with van der Waals surface area (Å²) in [5.74, 6) is -1.96. The maximum absolute atomic E-state index is 13.5. The summed E-state index contributed by atoms with van der Waals surface area (Å²) in [5.41, 5.74) is 4.35. The fraction of sp³-hybridized carbons (Fsp3) is 0.500. The minimum Gasteiger partial charge on any atom is -0.494 e. The van der Waals surface area contributed by atoms with E-state index in [0.717, 1.165) is 5.75 Å². The van der Waals surface area contributed by atoms with E-state index in [1.54, 1.807) is 0 Å². The molecule has 2 aromatic rings. The van der Waals surface area contributed by atoms with E-state index in [0.29, 0.717) is 13.0 Å². The predicted molar refractivity (Wildman–Crippen MR) is 130 cm³/mol. The average molecular weight is 484 g/mol. The Labute approximate surface area is 206 Å². The van der Waals surface area contributed by atoms with E-state index >= 15 is 0 Å². The van der Waals surface area contributed by atoms with Gasteiger partial charge in [0.2, 0.25) is 5.91 Å². The standard InChI is InChI=1S/C24H33BN4O6/c1-23(2)24(3,4)35-25(34-23)18(11-14-33-16-9-7-6-8-10-16)29-22(31)17(15-32-5)19-20(21(26)30)28-13-12-27-19/h6-10,12-13,17-18H,11,14-15H2,1-5H3,(H2,26,30)(H,29,31)/t17-,18-/m0/s1. The lowest BCUT2D eigenvalue weighted by molar-refractivity contribution is -0.124. The van der Waals surface area contributed by atoms with Crippen molar-refractivity contribution in [1.29, 1.82) is 0 Å². The Bertz CT molecular complexity index is 1000. The van der Waals surface area contributed by atoms with Gasteiger partial charge in [0.25, 0.3) is 5.91 Å². The van der Waals surface area contributed by atoms with Gasteiger partial charge in [-0.3, -0.25) is 14.6 Å². The molecule has 0 bridgehead atoms. The van der Waals surface area contributed by atoms with Gasteiger partial charge in [-0.2, -0.15) is 0 Å². The van der Waals surface area contributed by atoms with Gasteiger partial charge in [-0.25, -0.2) is 4.98 Å². The molecule has 1 aliphatic heterocycles. The van der Waals surface area contributed by atoms with Crippen LogP contribution in [-0.2, 0) is 18.8 Å². The number of benzene rings is 1. The summed E-state index contributed by atoms with van der Waals surface area (Å²) in [6.45, 7) is 8.06. The van der Waals surface area contributed by atoms with E-state index in [1.165, 1.54) is 19.5 Å². The van der Waals surface area contributed by atoms with Crippen molar-refractivity contribution in [2.24, 2.45) is 5.73 Å². The number of primary amides is 1. The molecule has 11 heteroatoms. The molecule has 10 nitrogen and oxygen atoms in total. The quantitative estimate of drug-likeness (QED) is 0.462. The zero-order valence-electron chi connectivity index (χ0n) is 20.8. The Morgan fingerprint density at radius 1 is 1.09 bits per heavy atom. The van der Waals surface area contributed by atoms with Crippen molar-refractivity contribution < 1.29 is 28.4 Å². The van der Waals surface area contributed by atoms with Crippen molar-refractivity contribution in [3.05, 3.63) is 54.1 Å². The van der Waals surface area contributed by atoms with Crippen LogP contribution in [0.4, 0.5) is 0 Å². The highest BCUT2D eigenvalue weighted by Crippen LogP contribution is 2.38. The largest absolute Gasteiger partial charge is 0.494 e. The van der Waals surface area contributed by atoms with E-state index in [1.807, 2.05) is 58.0 Å². The Morgan fingerprint density at radius 3 is 2.31 bits per heavy atom. The lowest BCUT2D eigenvalue weighted by Crippen LogP contribution is -2.50. The molecule has 0 unspecified atom stereocenters. The Balaban J connectivity index is 1.82. The third kappa shape index (κ3) is 6.36. The first-order valence-electron chi connectivity index (χ1n) is 11.5. The van der Waals surface area contributed by atoms with Crippen molar-refractivity contribution in [1.82, 2.24) is 15.3 Å². The van der Waals surface area contributed by atoms with Gasteiger partial charge in [0, 0.05) is 25.9 Å². The van der Waals surface area contributed by atoms with Crippen LogP contribution in [0.5, 0.6) is 5.75 Å².